The van der Waals surface area contributed by atoms with Crippen molar-refractivity contribution in [1.82, 2.24) is 14.7 Å². The Balaban J connectivity index is 1.82. The number of urea groups is 1. The number of nitrogens with one attached hydrogen (secondary N) is 1. The van der Waals surface area contributed by atoms with Gasteiger partial charge in [0.1, 0.15) is 16.3 Å². The van der Waals surface area contributed by atoms with Gasteiger partial charge < -0.3 is 4.90 Å². The number of hydrogen-bond donors (Lipinski definition) is 2. The maximum absolute atomic E-state index is 13.2. The van der Waals surface area contributed by atoms with Crippen molar-refractivity contribution in [3.05, 3.63) is 65.5 Å². The van der Waals surface area contributed by atoms with E-state index in [0.29, 0.717) is 14.9 Å². The molecule has 1 atom stereocenters. The fraction of sp³-hybridized carbons (Fsp3) is 0.300. The van der Waals surface area contributed by atoms with Crippen LogP contribution in [-0.4, -0.2) is 44.9 Å². The van der Waals surface area contributed by atoms with Crippen molar-refractivity contribution in [3.63, 3.8) is 0 Å². The van der Waals surface area contributed by atoms with Crippen LogP contribution in [0.5, 0.6) is 0 Å². The monoisotopic (exact) mass is 483 g/mol. The topological polar surface area (TPSA) is 90.0 Å². The zero-order valence-electron chi connectivity index (χ0n) is 17.1. The highest BCUT2D eigenvalue weighted by molar-refractivity contribution is 8.24. The first-order valence-corrected chi connectivity index (χ1v) is 12.0. The molecule has 2 amide bonds. The molecular formula is C20H22FN3O4S3. The molecule has 0 bridgehead atoms. The van der Waals surface area contributed by atoms with E-state index in [-0.39, 0.29) is 17.3 Å². The molecule has 1 fully saturated rings. The van der Waals surface area contributed by atoms with Gasteiger partial charge in [0.2, 0.25) is 0 Å². The number of thiocarbonyl (C=S) groups is 1. The van der Waals surface area contributed by atoms with Crippen LogP contribution in [0.4, 0.5) is 9.18 Å². The number of benzene rings is 2. The van der Waals surface area contributed by atoms with Crippen LogP contribution in [0.3, 0.4) is 0 Å². The van der Waals surface area contributed by atoms with Gasteiger partial charge in [-0.05, 0) is 50.6 Å². The first-order chi connectivity index (χ1) is 14.4. The van der Waals surface area contributed by atoms with E-state index in [9.17, 15) is 22.8 Å². The Kier molecular flexibility index (Phi) is 6.61. The lowest BCUT2D eigenvalue weighted by Gasteiger charge is -2.36. The van der Waals surface area contributed by atoms with Gasteiger partial charge in [-0.1, -0.05) is 53.8 Å². The molecule has 1 aliphatic rings. The Labute approximate surface area is 190 Å². The second-order valence-corrected chi connectivity index (χ2v) is 11.6. The number of carbonyl (C=O) groups is 1. The lowest BCUT2D eigenvalue weighted by atomic mass is 10.1. The summed E-state index contributed by atoms with van der Waals surface area (Å²) in [6.45, 7) is 5.58. The summed E-state index contributed by atoms with van der Waals surface area (Å²) in [6, 6.07) is 10.5. The second kappa shape index (κ2) is 8.73. The molecule has 1 saturated heterocycles. The van der Waals surface area contributed by atoms with Crippen LogP contribution in [0.25, 0.3) is 0 Å². The second-order valence-electron chi connectivity index (χ2n) is 7.67. The largest absolute Gasteiger partial charge is 0.357 e. The maximum atomic E-state index is 13.2. The molecule has 0 aromatic heterocycles. The van der Waals surface area contributed by atoms with Gasteiger partial charge >= 0.3 is 6.03 Å². The SMILES string of the molecule is Cc1ccc(S(=O)(=O)NC(=O)N(O)C2N(Cc3ccc(F)cc3)C(=S)SC2(C)C)cc1. The number of nitrogens with zero attached hydrogens (tertiary/aromatic N) is 2. The number of amides is 2. The van der Waals surface area contributed by atoms with Crippen molar-refractivity contribution in [1.29, 1.82) is 0 Å². The van der Waals surface area contributed by atoms with Crippen LogP contribution in [0.15, 0.2) is 53.4 Å². The Morgan fingerprint density at radius 2 is 1.81 bits per heavy atom. The van der Waals surface area contributed by atoms with Gasteiger partial charge in [0.15, 0.2) is 0 Å². The molecular weight excluding hydrogens is 461 g/mol. The molecule has 166 valence electrons. The quantitative estimate of drug-likeness (QED) is 0.379. The Morgan fingerprint density at radius 1 is 1.23 bits per heavy atom. The van der Waals surface area contributed by atoms with Crippen LogP contribution in [-0.2, 0) is 16.6 Å². The molecule has 11 heteroatoms. The fourth-order valence-electron chi connectivity index (χ4n) is 3.22. The third kappa shape index (κ3) is 5.17. The van der Waals surface area contributed by atoms with Crippen molar-refractivity contribution in [2.45, 2.75) is 43.1 Å². The zero-order valence-corrected chi connectivity index (χ0v) is 19.5. The van der Waals surface area contributed by atoms with Crippen molar-refractivity contribution in [2.24, 2.45) is 0 Å². The van der Waals surface area contributed by atoms with E-state index in [4.69, 9.17) is 12.2 Å². The molecule has 7 nitrogen and oxygen atoms in total. The van der Waals surface area contributed by atoms with Gasteiger partial charge in [-0.2, -0.15) is 5.06 Å². The molecule has 1 heterocycles. The number of sulfonamides is 1. The minimum Gasteiger partial charge on any atom is -0.329 e. The molecule has 2 aromatic carbocycles. The van der Waals surface area contributed by atoms with Crippen molar-refractivity contribution in [2.75, 3.05) is 0 Å². The number of hydrogen-bond acceptors (Lipinski definition) is 6. The van der Waals surface area contributed by atoms with E-state index in [0.717, 1.165) is 5.56 Å². The van der Waals surface area contributed by atoms with Gasteiger partial charge in [0.05, 0.1) is 9.64 Å². The van der Waals surface area contributed by atoms with E-state index in [2.05, 4.69) is 0 Å². The molecule has 1 aliphatic heterocycles. The van der Waals surface area contributed by atoms with Gasteiger partial charge in [-0.25, -0.2) is 22.3 Å². The third-order valence-corrected chi connectivity index (χ3v) is 7.73. The highest BCUT2D eigenvalue weighted by atomic mass is 32.2. The molecule has 2 N–H and O–H groups in total. The Morgan fingerprint density at radius 3 is 2.39 bits per heavy atom. The third-order valence-electron chi connectivity index (χ3n) is 4.76. The van der Waals surface area contributed by atoms with E-state index in [1.165, 1.54) is 36.0 Å². The zero-order chi connectivity index (χ0) is 23.0. The predicted octanol–water partition coefficient (Wildman–Crippen LogP) is 3.86. The summed E-state index contributed by atoms with van der Waals surface area (Å²) in [5.41, 5.74) is 1.58. The maximum Gasteiger partial charge on any atom is 0.357 e. The van der Waals surface area contributed by atoms with Crippen LogP contribution in [0.2, 0.25) is 0 Å². The summed E-state index contributed by atoms with van der Waals surface area (Å²) in [5.74, 6) is -0.386. The first-order valence-electron chi connectivity index (χ1n) is 9.26. The first kappa shape index (κ1) is 23.5. The van der Waals surface area contributed by atoms with E-state index in [1.807, 2.05) is 11.6 Å². The summed E-state index contributed by atoms with van der Waals surface area (Å²) in [7, 11) is -4.18. The molecule has 0 aliphatic carbocycles. The smallest absolute Gasteiger partial charge is 0.329 e. The number of thioether (sulfide) groups is 1. The van der Waals surface area contributed by atoms with Crippen LogP contribution in [0.1, 0.15) is 25.0 Å². The molecule has 0 saturated carbocycles. The predicted molar refractivity (Wildman–Crippen MR) is 121 cm³/mol. The number of rotatable bonds is 5. The lowest BCUT2D eigenvalue weighted by molar-refractivity contribution is -0.118. The molecule has 2 aromatic rings. The molecule has 0 spiro atoms. The highest BCUT2D eigenvalue weighted by Crippen LogP contribution is 2.43. The number of aryl methyl sites for hydroxylation is 1. The summed E-state index contributed by atoms with van der Waals surface area (Å²) >= 11 is 6.70. The van der Waals surface area contributed by atoms with Crippen LogP contribution in [0, 0.1) is 12.7 Å². The normalized spacial score (nSPS) is 18.2. The molecule has 0 radical (unpaired) electrons. The number of hydroxylamine groups is 2. The van der Waals surface area contributed by atoms with Crippen LogP contribution < -0.4 is 4.72 Å². The molecule has 31 heavy (non-hydrogen) atoms. The number of carbonyl (C=O) groups excluding carboxylic acids is 1. The standard InChI is InChI=1S/C20H22FN3O4S3/c1-13-4-10-16(11-5-13)31(27,28)22-18(25)24(26)17-20(2,3)30-19(29)23(17)12-14-6-8-15(21)9-7-14/h4-11,17,26H,12H2,1-3H3,(H,22,25). The minimum absolute atomic E-state index is 0.0985. The lowest BCUT2D eigenvalue weighted by Crippen LogP contribution is -2.57. The van der Waals surface area contributed by atoms with Crippen molar-refractivity contribution < 1.29 is 22.8 Å². The highest BCUT2D eigenvalue weighted by Gasteiger charge is 2.49. The molecule has 3 rings (SSSR count). The summed E-state index contributed by atoms with van der Waals surface area (Å²) in [4.78, 5) is 14.2. The van der Waals surface area contributed by atoms with Crippen molar-refractivity contribution >= 4 is 44.4 Å². The van der Waals surface area contributed by atoms with Crippen molar-refractivity contribution in [3.8, 4) is 0 Å². The van der Waals surface area contributed by atoms with Gasteiger partial charge in [0, 0.05) is 6.54 Å². The average Bonchev–Trinajstić information content (AvgIpc) is 2.90. The summed E-state index contributed by atoms with van der Waals surface area (Å²) in [6.07, 6.45) is -0.955. The van der Waals surface area contributed by atoms with Gasteiger partial charge in [-0.3, -0.25) is 5.21 Å². The van der Waals surface area contributed by atoms with E-state index < -0.39 is 27.0 Å². The fourth-order valence-corrected chi connectivity index (χ4v) is 6.03. The number of halogens is 1. The van der Waals surface area contributed by atoms with Crippen LogP contribution >= 0.6 is 24.0 Å². The average molecular weight is 484 g/mol. The van der Waals surface area contributed by atoms with E-state index >= 15 is 0 Å². The van der Waals surface area contributed by atoms with Gasteiger partial charge in [0.25, 0.3) is 10.0 Å². The summed E-state index contributed by atoms with van der Waals surface area (Å²) in [5, 5.41) is 11.0. The minimum atomic E-state index is -4.18. The van der Waals surface area contributed by atoms with E-state index in [1.54, 1.807) is 43.0 Å². The Bertz CT molecular complexity index is 1090. The molecule has 1 unspecified atom stereocenters. The summed E-state index contributed by atoms with van der Waals surface area (Å²) < 4.78 is 39.9. The van der Waals surface area contributed by atoms with Gasteiger partial charge in [-0.15, -0.1) is 0 Å². The Hall–Kier alpha value is -2.21.